The molecule has 0 rings (SSSR count). The van der Waals surface area contributed by atoms with Crippen molar-refractivity contribution in [3.05, 3.63) is 0 Å². The van der Waals surface area contributed by atoms with Crippen molar-refractivity contribution in [3.63, 3.8) is 0 Å². The van der Waals surface area contributed by atoms with E-state index in [0.29, 0.717) is 19.4 Å². The fourth-order valence-electron chi connectivity index (χ4n) is 2.49. The molecule has 0 fully saturated rings. The lowest BCUT2D eigenvalue weighted by molar-refractivity contribution is -0.143. The van der Waals surface area contributed by atoms with Crippen LogP contribution in [-0.2, 0) is 28.8 Å². The number of hydrogen-bond acceptors (Lipinski definition) is 8. The predicted octanol–water partition coefficient (Wildman–Crippen LogP) is -3.65. The fraction of sp³-hybridized carbons (Fsp3) is 0.647. The van der Waals surface area contributed by atoms with E-state index in [-0.39, 0.29) is 19.3 Å². The number of aliphatic carboxylic acids is 2. The number of nitrogens with two attached hydrogens (primary N) is 3. The number of hydrogen-bond donors (Lipinski definition) is 8. The minimum absolute atomic E-state index is 0.0554. The Morgan fingerprint density at radius 2 is 1.35 bits per heavy atom. The number of carboxylic acid groups (broad SMARTS) is 2. The lowest BCUT2D eigenvalue weighted by Gasteiger charge is -2.23. The Balaban J connectivity index is 5.35. The zero-order valence-electron chi connectivity index (χ0n) is 17.0. The zero-order chi connectivity index (χ0) is 24.0. The largest absolute Gasteiger partial charge is 0.481 e. The highest BCUT2D eigenvalue weighted by molar-refractivity contribution is 5.95. The van der Waals surface area contributed by atoms with Crippen molar-refractivity contribution in [3.8, 4) is 0 Å². The molecular weight excluding hydrogens is 416 g/mol. The minimum Gasteiger partial charge on any atom is -0.481 e. The molecule has 0 radical (unpaired) electrons. The molecule has 0 bridgehead atoms. The summed E-state index contributed by atoms with van der Waals surface area (Å²) in [7, 11) is 0. The Morgan fingerprint density at radius 3 is 1.84 bits per heavy atom. The Bertz CT molecular complexity index is 671. The van der Waals surface area contributed by atoms with E-state index < -0.39 is 66.7 Å². The van der Waals surface area contributed by atoms with Gasteiger partial charge in [0.2, 0.25) is 23.6 Å². The van der Waals surface area contributed by atoms with Crippen LogP contribution in [0.5, 0.6) is 0 Å². The SMILES string of the molecule is NCCCCC(NC(=O)C(CC(=O)O)NC(=O)C(CCC(N)=O)NC(=O)CN)C(=O)O. The summed E-state index contributed by atoms with van der Waals surface area (Å²) < 4.78 is 0. The van der Waals surface area contributed by atoms with Crippen molar-refractivity contribution in [2.24, 2.45) is 17.2 Å². The van der Waals surface area contributed by atoms with Crippen LogP contribution >= 0.6 is 0 Å². The molecule has 3 unspecified atom stereocenters. The van der Waals surface area contributed by atoms with E-state index in [0.717, 1.165) is 0 Å². The molecule has 176 valence electrons. The average molecular weight is 446 g/mol. The first-order valence-electron chi connectivity index (χ1n) is 9.54. The van der Waals surface area contributed by atoms with Crippen LogP contribution in [0.25, 0.3) is 0 Å². The summed E-state index contributed by atoms with van der Waals surface area (Å²) in [5.41, 5.74) is 15.6. The number of carbonyl (C=O) groups is 6. The summed E-state index contributed by atoms with van der Waals surface area (Å²) in [6.07, 6.45) is -0.354. The third-order valence-electron chi connectivity index (χ3n) is 4.09. The molecule has 0 saturated carbocycles. The molecule has 3 atom stereocenters. The van der Waals surface area contributed by atoms with Gasteiger partial charge in [0, 0.05) is 6.42 Å². The standard InChI is InChI=1S/C17H30N6O8/c18-6-2-1-3-10(17(30)31)22-16(29)11(7-14(26)27)23-15(28)9(4-5-12(20)24)21-13(25)8-19/h9-11H,1-8,18-19H2,(H2,20,24)(H,21,25)(H,22,29)(H,23,28)(H,26,27)(H,30,31). The summed E-state index contributed by atoms with van der Waals surface area (Å²) in [5.74, 6) is -6.24. The molecular formula is C17H30N6O8. The Labute approximate surface area is 178 Å². The number of primary amides is 1. The van der Waals surface area contributed by atoms with Crippen molar-refractivity contribution in [2.75, 3.05) is 13.1 Å². The molecule has 0 aliphatic carbocycles. The molecule has 0 aliphatic rings. The number of amides is 4. The van der Waals surface area contributed by atoms with Crippen LogP contribution in [0.2, 0.25) is 0 Å². The molecule has 0 spiro atoms. The fourth-order valence-corrected chi connectivity index (χ4v) is 2.49. The van der Waals surface area contributed by atoms with Crippen LogP contribution in [-0.4, -0.2) is 77.0 Å². The Kier molecular flexibility index (Phi) is 13.1. The van der Waals surface area contributed by atoms with E-state index in [1.807, 2.05) is 0 Å². The van der Waals surface area contributed by atoms with Gasteiger partial charge in [0.15, 0.2) is 0 Å². The summed E-state index contributed by atoms with van der Waals surface area (Å²) in [4.78, 5) is 70.0. The maximum Gasteiger partial charge on any atom is 0.326 e. The van der Waals surface area contributed by atoms with Crippen LogP contribution < -0.4 is 33.2 Å². The van der Waals surface area contributed by atoms with Crippen molar-refractivity contribution >= 4 is 35.6 Å². The van der Waals surface area contributed by atoms with Crippen molar-refractivity contribution in [2.45, 2.75) is 56.7 Å². The highest BCUT2D eigenvalue weighted by Crippen LogP contribution is 2.04. The van der Waals surface area contributed by atoms with Gasteiger partial charge in [-0.05, 0) is 32.2 Å². The van der Waals surface area contributed by atoms with Gasteiger partial charge in [0.05, 0.1) is 13.0 Å². The van der Waals surface area contributed by atoms with E-state index in [9.17, 15) is 33.9 Å². The summed E-state index contributed by atoms with van der Waals surface area (Å²) in [5, 5.41) is 24.9. The van der Waals surface area contributed by atoms with E-state index in [1.165, 1.54) is 0 Å². The highest BCUT2D eigenvalue weighted by atomic mass is 16.4. The van der Waals surface area contributed by atoms with Gasteiger partial charge in [0.25, 0.3) is 0 Å². The molecule has 0 aromatic heterocycles. The number of carbonyl (C=O) groups excluding carboxylic acids is 4. The Hall–Kier alpha value is -3.26. The maximum atomic E-state index is 12.5. The van der Waals surface area contributed by atoms with Crippen molar-refractivity contribution in [1.29, 1.82) is 0 Å². The summed E-state index contributed by atoms with van der Waals surface area (Å²) >= 11 is 0. The molecule has 14 heteroatoms. The van der Waals surface area contributed by atoms with E-state index in [2.05, 4.69) is 16.0 Å². The van der Waals surface area contributed by atoms with Crippen LogP contribution in [0.1, 0.15) is 38.5 Å². The van der Waals surface area contributed by atoms with E-state index >= 15 is 0 Å². The van der Waals surface area contributed by atoms with Gasteiger partial charge in [-0.15, -0.1) is 0 Å². The van der Waals surface area contributed by atoms with Gasteiger partial charge in [-0.2, -0.15) is 0 Å². The molecule has 0 saturated heterocycles. The smallest absolute Gasteiger partial charge is 0.326 e. The van der Waals surface area contributed by atoms with Crippen LogP contribution in [0.3, 0.4) is 0 Å². The third kappa shape index (κ3) is 12.1. The zero-order valence-corrected chi connectivity index (χ0v) is 17.0. The van der Waals surface area contributed by atoms with Crippen LogP contribution in [0, 0.1) is 0 Å². The lowest BCUT2D eigenvalue weighted by Crippen LogP contribution is -2.56. The van der Waals surface area contributed by atoms with Crippen LogP contribution in [0.15, 0.2) is 0 Å². The van der Waals surface area contributed by atoms with E-state index in [1.54, 1.807) is 0 Å². The number of unbranched alkanes of at least 4 members (excludes halogenated alkanes) is 1. The molecule has 4 amide bonds. The molecule has 0 aliphatic heterocycles. The Morgan fingerprint density at radius 1 is 0.774 bits per heavy atom. The number of carboxylic acids is 2. The first-order chi connectivity index (χ1) is 14.5. The third-order valence-corrected chi connectivity index (χ3v) is 4.09. The molecule has 14 nitrogen and oxygen atoms in total. The second-order valence-corrected chi connectivity index (χ2v) is 6.67. The van der Waals surface area contributed by atoms with Crippen molar-refractivity contribution < 1.29 is 39.0 Å². The normalized spacial score (nSPS) is 13.4. The first kappa shape index (κ1) is 27.7. The second-order valence-electron chi connectivity index (χ2n) is 6.67. The highest BCUT2D eigenvalue weighted by Gasteiger charge is 2.30. The van der Waals surface area contributed by atoms with Gasteiger partial charge in [-0.25, -0.2) is 4.79 Å². The van der Waals surface area contributed by atoms with E-state index in [4.69, 9.17) is 22.3 Å². The predicted molar refractivity (Wildman–Crippen MR) is 106 cm³/mol. The topological polar surface area (TPSA) is 257 Å². The quantitative estimate of drug-likeness (QED) is 0.108. The van der Waals surface area contributed by atoms with Gasteiger partial charge >= 0.3 is 11.9 Å². The molecule has 0 heterocycles. The first-order valence-corrected chi connectivity index (χ1v) is 9.54. The van der Waals surface area contributed by atoms with Gasteiger partial charge < -0.3 is 43.4 Å². The maximum absolute atomic E-state index is 12.5. The average Bonchev–Trinajstić information content (AvgIpc) is 2.68. The minimum atomic E-state index is -1.63. The number of rotatable bonds is 16. The summed E-state index contributed by atoms with van der Waals surface area (Å²) in [6.45, 7) is -0.123. The number of nitrogens with one attached hydrogen (secondary N) is 3. The monoisotopic (exact) mass is 446 g/mol. The molecule has 31 heavy (non-hydrogen) atoms. The van der Waals surface area contributed by atoms with Crippen molar-refractivity contribution in [1.82, 2.24) is 16.0 Å². The second kappa shape index (κ2) is 14.7. The molecule has 0 aromatic carbocycles. The lowest BCUT2D eigenvalue weighted by atomic mass is 10.1. The van der Waals surface area contributed by atoms with Gasteiger partial charge in [0.1, 0.15) is 18.1 Å². The van der Waals surface area contributed by atoms with Gasteiger partial charge in [-0.3, -0.25) is 24.0 Å². The molecule has 11 N–H and O–H groups in total. The van der Waals surface area contributed by atoms with Crippen LogP contribution in [0.4, 0.5) is 0 Å². The molecule has 0 aromatic rings. The van der Waals surface area contributed by atoms with Gasteiger partial charge in [-0.1, -0.05) is 0 Å². The summed E-state index contributed by atoms with van der Waals surface area (Å²) in [6, 6.07) is -4.26.